The van der Waals surface area contributed by atoms with Gasteiger partial charge in [0, 0.05) is 13.6 Å². The quantitative estimate of drug-likeness (QED) is 0.921. The van der Waals surface area contributed by atoms with Crippen LogP contribution in [0, 0.1) is 6.92 Å². The Balaban J connectivity index is 1.75. The van der Waals surface area contributed by atoms with Crippen LogP contribution in [-0.4, -0.2) is 41.3 Å². The maximum Gasteiger partial charge on any atom is 0.242 e. The summed E-state index contributed by atoms with van der Waals surface area (Å²) >= 11 is 1.55. The second-order valence-electron chi connectivity index (χ2n) is 5.89. The predicted molar refractivity (Wildman–Crippen MR) is 91.7 cm³/mol. The number of aromatic nitrogens is 1. The Morgan fingerprint density at radius 1 is 1.46 bits per heavy atom. The number of likely N-dealkylation sites (tertiary alicyclic amines) is 1. The van der Waals surface area contributed by atoms with Gasteiger partial charge in [-0.1, -0.05) is 6.07 Å². The summed E-state index contributed by atoms with van der Waals surface area (Å²) in [5, 5.41) is 4.61. The van der Waals surface area contributed by atoms with E-state index in [1.165, 1.54) is 0 Å². The SMILES string of the molecule is CNC(=O)[C@H]1CCCCN1C(=O)Cc1nc(-c2cccs2)oc1C. The summed E-state index contributed by atoms with van der Waals surface area (Å²) in [6.45, 7) is 2.44. The van der Waals surface area contributed by atoms with Crippen LogP contribution in [0.3, 0.4) is 0 Å². The lowest BCUT2D eigenvalue weighted by molar-refractivity contribution is -0.141. The fourth-order valence-electron chi connectivity index (χ4n) is 3.01. The van der Waals surface area contributed by atoms with Gasteiger partial charge in [0.25, 0.3) is 0 Å². The van der Waals surface area contributed by atoms with Crippen LogP contribution >= 0.6 is 11.3 Å². The Kier molecular flexibility index (Phi) is 4.99. The van der Waals surface area contributed by atoms with Gasteiger partial charge in [-0.25, -0.2) is 4.98 Å². The fraction of sp³-hybridized carbons (Fsp3) is 0.471. The number of thiophene rings is 1. The van der Waals surface area contributed by atoms with E-state index in [9.17, 15) is 9.59 Å². The van der Waals surface area contributed by atoms with Crippen molar-refractivity contribution >= 4 is 23.2 Å². The van der Waals surface area contributed by atoms with Crippen molar-refractivity contribution < 1.29 is 14.0 Å². The number of hydrogen-bond acceptors (Lipinski definition) is 5. The monoisotopic (exact) mass is 347 g/mol. The summed E-state index contributed by atoms with van der Waals surface area (Å²) in [5.41, 5.74) is 0.643. The lowest BCUT2D eigenvalue weighted by Crippen LogP contribution is -2.51. The molecule has 0 radical (unpaired) electrons. The van der Waals surface area contributed by atoms with Crippen molar-refractivity contribution in [3.05, 3.63) is 29.0 Å². The Morgan fingerprint density at radius 3 is 3.00 bits per heavy atom. The lowest BCUT2D eigenvalue weighted by Gasteiger charge is -2.34. The molecule has 0 aliphatic carbocycles. The molecule has 7 heteroatoms. The van der Waals surface area contributed by atoms with Crippen molar-refractivity contribution in [2.24, 2.45) is 0 Å². The van der Waals surface area contributed by atoms with Gasteiger partial charge in [-0.3, -0.25) is 9.59 Å². The average Bonchev–Trinajstić information content (AvgIpc) is 3.24. The number of nitrogens with one attached hydrogen (secondary N) is 1. The molecule has 1 atom stereocenters. The molecule has 1 aliphatic rings. The third kappa shape index (κ3) is 3.36. The number of oxazole rings is 1. The molecule has 3 rings (SSSR count). The van der Waals surface area contributed by atoms with Gasteiger partial charge in [0.1, 0.15) is 11.8 Å². The molecule has 1 N–H and O–H groups in total. The maximum atomic E-state index is 12.7. The molecular formula is C17H21N3O3S. The van der Waals surface area contributed by atoms with E-state index < -0.39 is 0 Å². The van der Waals surface area contributed by atoms with Crippen molar-refractivity contribution in [2.75, 3.05) is 13.6 Å². The zero-order chi connectivity index (χ0) is 17.1. The second-order valence-corrected chi connectivity index (χ2v) is 6.84. The Labute approximate surface area is 144 Å². The number of rotatable bonds is 4. The first-order valence-corrected chi connectivity index (χ1v) is 8.99. The summed E-state index contributed by atoms with van der Waals surface area (Å²) in [4.78, 5) is 31.8. The lowest BCUT2D eigenvalue weighted by atomic mass is 10.0. The molecule has 6 nitrogen and oxygen atoms in total. The van der Waals surface area contributed by atoms with Crippen molar-refractivity contribution in [1.82, 2.24) is 15.2 Å². The van der Waals surface area contributed by atoms with Gasteiger partial charge in [0.2, 0.25) is 17.7 Å². The molecule has 0 spiro atoms. The number of likely N-dealkylation sites (N-methyl/N-ethyl adjacent to an activating group) is 1. The van der Waals surface area contributed by atoms with Crippen molar-refractivity contribution in [3.63, 3.8) is 0 Å². The van der Waals surface area contributed by atoms with Crippen LogP contribution in [0.4, 0.5) is 0 Å². The van der Waals surface area contributed by atoms with E-state index in [1.54, 1.807) is 23.3 Å². The van der Waals surface area contributed by atoms with Crippen molar-refractivity contribution in [1.29, 1.82) is 0 Å². The molecule has 0 bridgehead atoms. The Hall–Kier alpha value is -2.15. The number of piperidine rings is 1. The van der Waals surface area contributed by atoms with Crippen LogP contribution in [-0.2, 0) is 16.0 Å². The number of carbonyl (C=O) groups excluding carboxylic acids is 2. The van der Waals surface area contributed by atoms with E-state index >= 15 is 0 Å². The smallest absolute Gasteiger partial charge is 0.242 e. The number of carbonyl (C=O) groups is 2. The molecule has 24 heavy (non-hydrogen) atoms. The summed E-state index contributed by atoms with van der Waals surface area (Å²) in [6.07, 6.45) is 2.77. The van der Waals surface area contributed by atoms with Crippen LogP contribution in [0.25, 0.3) is 10.8 Å². The molecule has 1 fully saturated rings. The van der Waals surface area contributed by atoms with Gasteiger partial charge in [0.05, 0.1) is 17.0 Å². The first-order chi connectivity index (χ1) is 11.6. The van der Waals surface area contributed by atoms with Gasteiger partial charge in [-0.2, -0.15) is 0 Å². The van der Waals surface area contributed by atoms with Crippen LogP contribution in [0.5, 0.6) is 0 Å². The molecule has 1 aliphatic heterocycles. The van der Waals surface area contributed by atoms with Crippen LogP contribution in [0.1, 0.15) is 30.7 Å². The van der Waals surface area contributed by atoms with E-state index in [-0.39, 0.29) is 24.3 Å². The minimum Gasteiger partial charge on any atom is -0.440 e. The highest BCUT2D eigenvalue weighted by atomic mass is 32.1. The van der Waals surface area contributed by atoms with Crippen LogP contribution < -0.4 is 5.32 Å². The number of aryl methyl sites for hydroxylation is 1. The number of nitrogens with zero attached hydrogens (tertiary/aromatic N) is 2. The molecule has 1 saturated heterocycles. The van der Waals surface area contributed by atoms with Crippen LogP contribution in [0.15, 0.2) is 21.9 Å². The van der Waals surface area contributed by atoms with Crippen LogP contribution in [0.2, 0.25) is 0 Å². The zero-order valence-electron chi connectivity index (χ0n) is 13.9. The molecule has 2 aromatic heterocycles. The first-order valence-electron chi connectivity index (χ1n) is 8.11. The standard InChI is InChI=1S/C17H21N3O3S/c1-11-12(19-17(23-11)14-7-5-9-24-14)10-15(21)20-8-4-3-6-13(20)16(22)18-2/h5,7,9,13H,3-4,6,8,10H2,1-2H3,(H,18,22)/t13-/m1/s1. The Bertz CT molecular complexity index is 724. The number of hydrogen-bond donors (Lipinski definition) is 1. The molecule has 0 unspecified atom stereocenters. The normalized spacial score (nSPS) is 17.8. The second kappa shape index (κ2) is 7.17. The highest BCUT2D eigenvalue weighted by Crippen LogP contribution is 2.26. The predicted octanol–water partition coefficient (Wildman–Crippen LogP) is 2.38. The van der Waals surface area contributed by atoms with E-state index in [4.69, 9.17) is 4.42 Å². The van der Waals surface area contributed by atoms with Crippen molar-refractivity contribution in [3.8, 4) is 10.8 Å². The zero-order valence-corrected chi connectivity index (χ0v) is 14.7. The molecule has 0 saturated carbocycles. The first kappa shape index (κ1) is 16.7. The van der Waals surface area contributed by atoms with E-state index in [0.717, 1.165) is 17.7 Å². The highest BCUT2D eigenvalue weighted by molar-refractivity contribution is 7.13. The summed E-state index contributed by atoms with van der Waals surface area (Å²) in [6, 6.07) is 3.50. The van der Waals surface area contributed by atoms with Gasteiger partial charge >= 0.3 is 0 Å². The van der Waals surface area contributed by atoms with Gasteiger partial charge in [0.15, 0.2) is 0 Å². The highest BCUT2D eigenvalue weighted by Gasteiger charge is 2.32. The summed E-state index contributed by atoms with van der Waals surface area (Å²) < 4.78 is 5.69. The van der Waals surface area contributed by atoms with Gasteiger partial charge in [-0.15, -0.1) is 11.3 Å². The minimum atomic E-state index is -0.375. The molecule has 2 aromatic rings. The Morgan fingerprint density at radius 2 is 2.29 bits per heavy atom. The molecule has 2 amide bonds. The maximum absolute atomic E-state index is 12.7. The summed E-state index contributed by atoms with van der Waals surface area (Å²) in [5.74, 6) is 1.03. The fourth-order valence-corrected chi connectivity index (χ4v) is 3.66. The van der Waals surface area contributed by atoms with Gasteiger partial charge in [-0.05, 0) is 37.6 Å². The largest absolute Gasteiger partial charge is 0.440 e. The molecule has 0 aromatic carbocycles. The van der Waals surface area contributed by atoms with E-state index in [1.807, 2.05) is 24.4 Å². The minimum absolute atomic E-state index is 0.0718. The van der Waals surface area contributed by atoms with E-state index in [2.05, 4.69) is 10.3 Å². The number of amides is 2. The third-order valence-corrected chi connectivity index (χ3v) is 5.17. The topological polar surface area (TPSA) is 75.4 Å². The molecular weight excluding hydrogens is 326 g/mol. The molecule has 3 heterocycles. The summed E-state index contributed by atoms with van der Waals surface area (Å²) in [7, 11) is 1.61. The van der Waals surface area contributed by atoms with E-state index in [0.29, 0.717) is 30.3 Å². The third-order valence-electron chi connectivity index (χ3n) is 4.32. The molecule has 128 valence electrons. The van der Waals surface area contributed by atoms with Gasteiger partial charge < -0.3 is 14.6 Å². The average molecular weight is 347 g/mol. The van der Waals surface area contributed by atoms with Crippen molar-refractivity contribution in [2.45, 2.75) is 38.6 Å².